The van der Waals surface area contributed by atoms with Crippen molar-refractivity contribution < 1.29 is 0 Å². The number of rotatable bonds is 0. The average Bonchev–Trinajstić information content (AvgIpc) is 1.91. The standard InChI is InChI=1S/C3H3ClN2O/c4-2-1-5-6-3(2)7/h1H,(H2,5,6,7). The summed E-state index contributed by atoms with van der Waals surface area (Å²) < 4.78 is 0. The highest BCUT2D eigenvalue weighted by molar-refractivity contribution is 6.30. The van der Waals surface area contributed by atoms with E-state index in [9.17, 15) is 4.79 Å². The van der Waals surface area contributed by atoms with Crippen LogP contribution in [0.15, 0.2) is 11.0 Å². The third-order valence-corrected chi connectivity index (χ3v) is 0.882. The first-order valence-electron chi connectivity index (χ1n) is 1.72. The summed E-state index contributed by atoms with van der Waals surface area (Å²) in [7, 11) is 0. The molecule has 1 rings (SSSR count). The molecule has 0 bridgehead atoms. The lowest BCUT2D eigenvalue weighted by Gasteiger charge is -1.60. The number of H-pyrrole nitrogens is 2. The fraction of sp³-hybridized carbons (Fsp3) is 0. The fourth-order valence-electron chi connectivity index (χ4n) is 0.290. The summed E-state index contributed by atoms with van der Waals surface area (Å²) in [5, 5.41) is 4.88. The van der Waals surface area contributed by atoms with Gasteiger partial charge >= 0.3 is 0 Å². The first-order valence-corrected chi connectivity index (χ1v) is 2.10. The van der Waals surface area contributed by atoms with Crippen LogP contribution in [0.5, 0.6) is 0 Å². The molecule has 1 heterocycles. The smallest absolute Gasteiger partial charge is 0.282 e. The zero-order valence-corrected chi connectivity index (χ0v) is 4.12. The lowest BCUT2D eigenvalue weighted by atomic mass is 10.7. The Morgan fingerprint density at radius 3 is 2.57 bits per heavy atom. The minimum Gasteiger partial charge on any atom is -0.304 e. The molecule has 0 fully saturated rings. The molecule has 0 atom stereocenters. The molecule has 0 amide bonds. The maximum atomic E-state index is 10.2. The molecule has 0 saturated heterocycles. The summed E-state index contributed by atoms with van der Waals surface area (Å²) in [6.07, 6.45) is 1.39. The number of hydrogen-bond donors (Lipinski definition) is 2. The van der Waals surface area contributed by atoms with Crippen molar-refractivity contribution >= 4 is 11.6 Å². The summed E-state index contributed by atoms with van der Waals surface area (Å²) in [5.74, 6) is 0. The summed E-state index contributed by atoms with van der Waals surface area (Å²) >= 11 is 5.25. The van der Waals surface area contributed by atoms with Crippen LogP contribution < -0.4 is 5.56 Å². The van der Waals surface area contributed by atoms with Crippen molar-refractivity contribution in [3.63, 3.8) is 0 Å². The van der Waals surface area contributed by atoms with Gasteiger partial charge in [-0.05, 0) is 0 Å². The molecular formula is C3H3ClN2O. The highest BCUT2D eigenvalue weighted by atomic mass is 35.5. The second kappa shape index (κ2) is 1.42. The molecule has 1 aromatic heterocycles. The molecule has 0 radical (unpaired) electrons. The van der Waals surface area contributed by atoms with E-state index in [4.69, 9.17) is 11.6 Å². The van der Waals surface area contributed by atoms with Gasteiger partial charge in [0.05, 0.1) is 0 Å². The van der Waals surface area contributed by atoms with Crippen LogP contribution in [0.2, 0.25) is 5.02 Å². The normalized spacial score (nSPS) is 9.29. The van der Waals surface area contributed by atoms with Crippen molar-refractivity contribution in [1.29, 1.82) is 0 Å². The first-order chi connectivity index (χ1) is 3.30. The van der Waals surface area contributed by atoms with Gasteiger partial charge in [-0.2, -0.15) is 0 Å². The van der Waals surface area contributed by atoms with E-state index < -0.39 is 0 Å². The van der Waals surface area contributed by atoms with Gasteiger partial charge in [-0.1, -0.05) is 11.6 Å². The van der Waals surface area contributed by atoms with E-state index in [2.05, 4.69) is 10.2 Å². The zero-order chi connectivity index (χ0) is 5.28. The maximum absolute atomic E-state index is 10.2. The third-order valence-electron chi connectivity index (χ3n) is 0.602. The van der Waals surface area contributed by atoms with Crippen LogP contribution in [0.4, 0.5) is 0 Å². The van der Waals surface area contributed by atoms with Gasteiger partial charge in [0.1, 0.15) is 5.02 Å². The Morgan fingerprint density at radius 2 is 2.43 bits per heavy atom. The number of halogens is 1. The Morgan fingerprint density at radius 1 is 1.71 bits per heavy atom. The van der Waals surface area contributed by atoms with Crippen molar-refractivity contribution in [3.8, 4) is 0 Å². The predicted molar refractivity (Wildman–Crippen MR) is 26.4 cm³/mol. The molecule has 0 aliphatic carbocycles. The second-order valence-electron chi connectivity index (χ2n) is 1.09. The number of hydrogen-bond acceptors (Lipinski definition) is 1. The van der Waals surface area contributed by atoms with Crippen LogP contribution in [0.3, 0.4) is 0 Å². The van der Waals surface area contributed by atoms with Crippen molar-refractivity contribution in [2.45, 2.75) is 0 Å². The molecule has 3 nitrogen and oxygen atoms in total. The molecule has 0 saturated carbocycles. The number of nitrogens with one attached hydrogen (secondary N) is 2. The Hall–Kier alpha value is -0.700. The van der Waals surface area contributed by atoms with Gasteiger partial charge in [0.2, 0.25) is 0 Å². The van der Waals surface area contributed by atoms with Crippen LogP contribution in [0.25, 0.3) is 0 Å². The van der Waals surface area contributed by atoms with Crippen LogP contribution in [-0.4, -0.2) is 10.2 Å². The monoisotopic (exact) mass is 118 g/mol. The minimum atomic E-state index is -0.276. The molecule has 1 aromatic rings. The van der Waals surface area contributed by atoms with E-state index in [1.807, 2.05) is 0 Å². The molecule has 0 spiro atoms. The lowest BCUT2D eigenvalue weighted by molar-refractivity contribution is 1.06. The van der Waals surface area contributed by atoms with Gasteiger partial charge in [-0.25, -0.2) is 0 Å². The molecule has 0 aromatic carbocycles. The van der Waals surface area contributed by atoms with Gasteiger partial charge in [-0.15, -0.1) is 0 Å². The summed E-state index contributed by atoms with van der Waals surface area (Å²) in [5.41, 5.74) is -0.276. The van der Waals surface area contributed by atoms with Crippen molar-refractivity contribution in [2.24, 2.45) is 0 Å². The Labute approximate surface area is 44.3 Å². The summed E-state index contributed by atoms with van der Waals surface area (Å²) in [6.45, 7) is 0. The highest BCUT2D eigenvalue weighted by Crippen LogP contribution is 1.92. The summed E-state index contributed by atoms with van der Waals surface area (Å²) in [4.78, 5) is 10.2. The van der Waals surface area contributed by atoms with E-state index in [1.165, 1.54) is 6.20 Å². The SMILES string of the molecule is O=c1[nH][nH]cc1Cl. The van der Waals surface area contributed by atoms with E-state index in [-0.39, 0.29) is 10.6 Å². The molecule has 38 valence electrons. The summed E-state index contributed by atoms with van der Waals surface area (Å²) in [6, 6.07) is 0. The molecule has 7 heavy (non-hydrogen) atoms. The molecule has 0 unspecified atom stereocenters. The number of aromatic nitrogens is 2. The quantitative estimate of drug-likeness (QED) is 0.508. The van der Waals surface area contributed by atoms with Crippen LogP contribution in [0.1, 0.15) is 0 Å². The Balaban J connectivity index is 3.39. The predicted octanol–water partition coefficient (Wildman–Crippen LogP) is 0.356. The fourth-order valence-corrected chi connectivity index (χ4v) is 0.392. The van der Waals surface area contributed by atoms with Gasteiger partial charge in [-0.3, -0.25) is 9.89 Å². The van der Waals surface area contributed by atoms with Crippen LogP contribution in [0, 0.1) is 0 Å². The van der Waals surface area contributed by atoms with Crippen molar-refractivity contribution in [2.75, 3.05) is 0 Å². The zero-order valence-electron chi connectivity index (χ0n) is 3.36. The maximum Gasteiger partial charge on any atom is 0.282 e. The Bertz CT molecular complexity index is 201. The topological polar surface area (TPSA) is 48.6 Å². The lowest BCUT2D eigenvalue weighted by Crippen LogP contribution is -1.96. The minimum absolute atomic E-state index is 0.194. The van der Waals surface area contributed by atoms with Gasteiger partial charge in [0.15, 0.2) is 0 Å². The van der Waals surface area contributed by atoms with Crippen molar-refractivity contribution in [3.05, 3.63) is 21.6 Å². The first kappa shape index (κ1) is 4.46. The Kier molecular flexibility index (Phi) is 0.906. The third kappa shape index (κ3) is 0.667. The molecule has 4 heteroatoms. The van der Waals surface area contributed by atoms with E-state index in [0.29, 0.717) is 0 Å². The van der Waals surface area contributed by atoms with E-state index >= 15 is 0 Å². The van der Waals surface area contributed by atoms with Gasteiger partial charge < -0.3 is 5.10 Å². The largest absolute Gasteiger partial charge is 0.304 e. The van der Waals surface area contributed by atoms with Crippen molar-refractivity contribution in [1.82, 2.24) is 10.2 Å². The van der Waals surface area contributed by atoms with E-state index in [1.54, 1.807) is 0 Å². The molecule has 0 aliphatic rings. The second-order valence-corrected chi connectivity index (χ2v) is 1.50. The van der Waals surface area contributed by atoms with Crippen LogP contribution in [-0.2, 0) is 0 Å². The van der Waals surface area contributed by atoms with Gasteiger partial charge in [0.25, 0.3) is 5.56 Å². The average molecular weight is 119 g/mol. The molecular weight excluding hydrogens is 115 g/mol. The number of aromatic amines is 2. The molecule has 2 N–H and O–H groups in total. The van der Waals surface area contributed by atoms with E-state index in [0.717, 1.165) is 0 Å². The van der Waals surface area contributed by atoms with Crippen LogP contribution >= 0.6 is 11.6 Å². The van der Waals surface area contributed by atoms with Gasteiger partial charge in [0, 0.05) is 6.20 Å². The highest BCUT2D eigenvalue weighted by Gasteiger charge is 1.89. The molecule has 0 aliphatic heterocycles.